The van der Waals surface area contributed by atoms with Crippen molar-refractivity contribution in [2.45, 2.75) is 26.8 Å². The van der Waals surface area contributed by atoms with Crippen molar-refractivity contribution in [3.05, 3.63) is 29.8 Å². The number of carbonyl (C=O) groups excluding carboxylic acids is 1. The molecule has 0 aliphatic carbocycles. The van der Waals surface area contributed by atoms with Crippen molar-refractivity contribution in [1.29, 1.82) is 0 Å². The number of hydrogen-bond donors (Lipinski definition) is 2. The van der Waals surface area contributed by atoms with Crippen molar-refractivity contribution in [1.82, 2.24) is 14.8 Å². The predicted molar refractivity (Wildman–Crippen MR) is 73.2 cm³/mol. The van der Waals surface area contributed by atoms with Crippen molar-refractivity contribution in [3.8, 4) is 11.1 Å². The van der Waals surface area contributed by atoms with Crippen LogP contribution in [0.15, 0.2) is 18.5 Å². The molecular formula is C13H17N5O. The number of carbonyl (C=O) groups is 1. The summed E-state index contributed by atoms with van der Waals surface area (Å²) < 4.78 is 1.79. The van der Waals surface area contributed by atoms with E-state index in [9.17, 15) is 4.79 Å². The van der Waals surface area contributed by atoms with E-state index in [4.69, 9.17) is 11.5 Å². The van der Waals surface area contributed by atoms with Crippen molar-refractivity contribution < 1.29 is 4.79 Å². The third-order valence-electron chi connectivity index (χ3n) is 3.00. The van der Waals surface area contributed by atoms with Crippen LogP contribution in [-0.4, -0.2) is 20.7 Å². The fourth-order valence-electron chi connectivity index (χ4n) is 2.14. The summed E-state index contributed by atoms with van der Waals surface area (Å²) in [5.74, 6) is -0.334. The third-order valence-corrected chi connectivity index (χ3v) is 3.00. The summed E-state index contributed by atoms with van der Waals surface area (Å²) in [6.45, 7) is 4.36. The van der Waals surface area contributed by atoms with Crippen molar-refractivity contribution >= 4 is 11.6 Å². The highest BCUT2D eigenvalue weighted by atomic mass is 16.1. The highest BCUT2D eigenvalue weighted by molar-refractivity contribution is 5.74. The number of nitrogen functional groups attached to an aromatic ring is 1. The molecule has 0 aliphatic heterocycles. The Morgan fingerprint density at radius 3 is 2.74 bits per heavy atom. The lowest BCUT2D eigenvalue weighted by Crippen LogP contribution is -2.15. The quantitative estimate of drug-likeness (QED) is 0.856. The number of rotatable bonds is 4. The van der Waals surface area contributed by atoms with Gasteiger partial charge in [-0.15, -0.1) is 0 Å². The van der Waals surface area contributed by atoms with Crippen LogP contribution in [0.4, 0.5) is 5.69 Å². The van der Waals surface area contributed by atoms with E-state index in [1.807, 2.05) is 19.9 Å². The smallest absolute Gasteiger partial charge is 0.219 e. The van der Waals surface area contributed by atoms with Crippen LogP contribution in [0.25, 0.3) is 11.1 Å². The molecule has 1 amide bonds. The van der Waals surface area contributed by atoms with E-state index in [2.05, 4.69) is 10.1 Å². The summed E-state index contributed by atoms with van der Waals surface area (Å²) in [5.41, 5.74) is 15.3. The van der Waals surface area contributed by atoms with Gasteiger partial charge in [-0.2, -0.15) is 5.10 Å². The summed E-state index contributed by atoms with van der Waals surface area (Å²) in [7, 11) is 0. The molecule has 6 nitrogen and oxygen atoms in total. The number of amides is 1. The van der Waals surface area contributed by atoms with E-state index in [-0.39, 0.29) is 12.3 Å². The SMILES string of the molecule is Cc1nn(CCC(N)=O)c(C)c1-c1cncc(N)c1. The Hall–Kier alpha value is -2.37. The summed E-state index contributed by atoms with van der Waals surface area (Å²) in [4.78, 5) is 14.9. The van der Waals surface area contributed by atoms with Crippen molar-refractivity contribution in [2.24, 2.45) is 5.73 Å². The molecule has 2 rings (SSSR count). The monoisotopic (exact) mass is 259 g/mol. The van der Waals surface area contributed by atoms with Gasteiger partial charge in [0.2, 0.25) is 5.91 Å². The van der Waals surface area contributed by atoms with Crippen LogP contribution >= 0.6 is 0 Å². The van der Waals surface area contributed by atoms with Gasteiger partial charge in [0.05, 0.1) is 11.4 Å². The lowest BCUT2D eigenvalue weighted by molar-refractivity contribution is -0.118. The minimum absolute atomic E-state index is 0.274. The number of pyridine rings is 1. The van der Waals surface area contributed by atoms with Gasteiger partial charge < -0.3 is 11.5 Å². The summed E-state index contributed by atoms with van der Waals surface area (Å²) in [5, 5.41) is 4.43. The van der Waals surface area contributed by atoms with Crippen LogP contribution in [-0.2, 0) is 11.3 Å². The standard InChI is InChI=1S/C13H17N5O/c1-8-13(10-5-11(14)7-16-6-10)9(2)18(17-8)4-3-12(15)19/h5-7H,3-4,14H2,1-2H3,(H2,15,19). The first-order valence-corrected chi connectivity index (χ1v) is 6.02. The maximum Gasteiger partial charge on any atom is 0.219 e. The molecule has 0 aliphatic rings. The lowest BCUT2D eigenvalue weighted by atomic mass is 10.1. The van der Waals surface area contributed by atoms with Gasteiger partial charge in [-0.1, -0.05) is 0 Å². The van der Waals surface area contributed by atoms with Gasteiger partial charge >= 0.3 is 0 Å². The summed E-state index contributed by atoms with van der Waals surface area (Å²) >= 11 is 0. The van der Waals surface area contributed by atoms with E-state index in [1.54, 1.807) is 17.1 Å². The molecule has 0 atom stereocenters. The highest BCUT2D eigenvalue weighted by Crippen LogP contribution is 2.27. The minimum Gasteiger partial charge on any atom is -0.397 e. The molecule has 0 fully saturated rings. The number of aromatic nitrogens is 3. The summed E-state index contributed by atoms with van der Waals surface area (Å²) in [6, 6.07) is 1.86. The maximum absolute atomic E-state index is 10.8. The topological polar surface area (TPSA) is 99.8 Å². The Kier molecular flexibility index (Phi) is 3.50. The molecule has 6 heteroatoms. The number of aryl methyl sites for hydroxylation is 2. The Morgan fingerprint density at radius 2 is 2.11 bits per heavy atom. The number of nitrogens with zero attached hydrogens (tertiary/aromatic N) is 3. The summed E-state index contributed by atoms with van der Waals surface area (Å²) in [6.07, 6.45) is 3.63. The van der Waals surface area contributed by atoms with Crippen LogP contribution < -0.4 is 11.5 Å². The number of primary amides is 1. The molecule has 100 valence electrons. The zero-order valence-electron chi connectivity index (χ0n) is 11.1. The van der Waals surface area contributed by atoms with Gasteiger partial charge in [0.15, 0.2) is 0 Å². The molecule has 4 N–H and O–H groups in total. The zero-order valence-corrected chi connectivity index (χ0v) is 11.1. The maximum atomic E-state index is 10.8. The van der Waals surface area contributed by atoms with Gasteiger partial charge in [0.1, 0.15) is 0 Å². The Labute approximate surface area is 111 Å². The van der Waals surface area contributed by atoms with Gasteiger partial charge in [-0.25, -0.2) is 0 Å². The number of hydrogen-bond acceptors (Lipinski definition) is 4. The Balaban J connectivity index is 2.39. The molecule has 0 saturated carbocycles. The molecule has 0 saturated heterocycles. The fraction of sp³-hybridized carbons (Fsp3) is 0.308. The highest BCUT2D eigenvalue weighted by Gasteiger charge is 2.14. The van der Waals surface area contributed by atoms with E-state index in [1.165, 1.54) is 0 Å². The predicted octanol–water partition coefficient (Wildman–Crippen LogP) is 1.02. The molecule has 0 bridgehead atoms. The van der Waals surface area contributed by atoms with Crippen LogP contribution in [0.5, 0.6) is 0 Å². The van der Waals surface area contributed by atoms with Gasteiger partial charge in [-0.05, 0) is 19.9 Å². The van der Waals surface area contributed by atoms with Crippen LogP contribution in [0.1, 0.15) is 17.8 Å². The largest absolute Gasteiger partial charge is 0.397 e. The third kappa shape index (κ3) is 2.73. The second-order valence-electron chi connectivity index (χ2n) is 4.49. The van der Waals surface area contributed by atoms with Gasteiger partial charge in [0.25, 0.3) is 0 Å². The van der Waals surface area contributed by atoms with E-state index in [0.717, 1.165) is 22.5 Å². The van der Waals surface area contributed by atoms with Crippen LogP contribution in [0.3, 0.4) is 0 Å². The van der Waals surface area contributed by atoms with E-state index in [0.29, 0.717) is 12.2 Å². The van der Waals surface area contributed by atoms with E-state index < -0.39 is 0 Å². The molecule has 0 radical (unpaired) electrons. The van der Waals surface area contributed by atoms with Crippen LogP contribution in [0.2, 0.25) is 0 Å². The normalized spacial score (nSPS) is 10.6. The number of nitrogens with two attached hydrogens (primary N) is 2. The average molecular weight is 259 g/mol. The molecular weight excluding hydrogens is 242 g/mol. The van der Waals surface area contributed by atoms with E-state index >= 15 is 0 Å². The first-order chi connectivity index (χ1) is 8.99. The second kappa shape index (κ2) is 5.09. The molecule has 0 aromatic carbocycles. The lowest BCUT2D eigenvalue weighted by Gasteiger charge is -2.05. The van der Waals surface area contributed by atoms with Gasteiger partial charge in [-0.3, -0.25) is 14.5 Å². The molecule has 0 spiro atoms. The first-order valence-electron chi connectivity index (χ1n) is 6.02. The minimum atomic E-state index is -0.334. The Morgan fingerprint density at radius 1 is 1.37 bits per heavy atom. The molecule has 2 aromatic heterocycles. The van der Waals surface area contributed by atoms with Gasteiger partial charge in [0, 0.05) is 42.2 Å². The Bertz CT molecular complexity index is 617. The average Bonchev–Trinajstić information content (AvgIpc) is 2.62. The molecule has 19 heavy (non-hydrogen) atoms. The van der Waals surface area contributed by atoms with Crippen molar-refractivity contribution in [3.63, 3.8) is 0 Å². The van der Waals surface area contributed by atoms with Crippen molar-refractivity contribution in [2.75, 3.05) is 5.73 Å². The zero-order chi connectivity index (χ0) is 14.0. The van der Waals surface area contributed by atoms with Crippen LogP contribution in [0, 0.1) is 13.8 Å². The molecule has 0 unspecified atom stereocenters. The molecule has 2 heterocycles. The number of anilines is 1. The fourth-order valence-corrected chi connectivity index (χ4v) is 2.14. The second-order valence-corrected chi connectivity index (χ2v) is 4.49. The first kappa shape index (κ1) is 13.1. The molecule has 2 aromatic rings.